The average Bonchev–Trinajstić information content (AvgIpc) is 2.99. The van der Waals surface area contributed by atoms with Crippen LogP contribution in [0.4, 0.5) is 4.39 Å². The second-order valence-electron chi connectivity index (χ2n) is 4.92. The molecule has 0 radical (unpaired) electrons. The number of rotatable bonds is 4. The normalized spacial score (nSPS) is 10.8. The van der Waals surface area contributed by atoms with E-state index in [2.05, 4.69) is 5.10 Å². The van der Waals surface area contributed by atoms with Crippen LogP contribution >= 0.6 is 0 Å². The second-order valence-corrected chi connectivity index (χ2v) is 4.92. The monoisotopic (exact) mass is 281 g/mol. The Kier molecular flexibility index (Phi) is 3.79. The summed E-state index contributed by atoms with van der Waals surface area (Å²) in [6.45, 7) is 0.800. The Morgan fingerprint density at radius 2 is 1.86 bits per heavy atom. The van der Waals surface area contributed by atoms with Crippen molar-refractivity contribution in [2.24, 2.45) is 5.73 Å². The average molecular weight is 281 g/mol. The lowest BCUT2D eigenvalue weighted by molar-refractivity contribution is 0.584. The maximum Gasteiger partial charge on any atom is 0.128 e. The van der Waals surface area contributed by atoms with Gasteiger partial charge in [-0.2, -0.15) is 5.10 Å². The van der Waals surface area contributed by atoms with Crippen LogP contribution in [0.5, 0.6) is 0 Å². The van der Waals surface area contributed by atoms with Crippen molar-refractivity contribution >= 4 is 0 Å². The van der Waals surface area contributed by atoms with Crippen LogP contribution in [0, 0.1) is 5.82 Å². The minimum atomic E-state index is -0.232. The molecule has 21 heavy (non-hydrogen) atoms. The smallest absolute Gasteiger partial charge is 0.128 e. The number of hydrogen-bond donors (Lipinski definition) is 1. The minimum absolute atomic E-state index is 0.232. The quantitative estimate of drug-likeness (QED) is 0.798. The SMILES string of the molecule is NCc1ccc(F)c(Cn2cc(-c3ccccc3)cn2)c1. The fourth-order valence-corrected chi connectivity index (χ4v) is 2.28. The van der Waals surface area contributed by atoms with Crippen molar-refractivity contribution in [2.75, 3.05) is 0 Å². The van der Waals surface area contributed by atoms with Gasteiger partial charge in [0, 0.05) is 23.9 Å². The van der Waals surface area contributed by atoms with Crippen LogP contribution < -0.4 is 5.73 Å². The summed E-state index contributed by atoms with van der Waals surface area (Å²) in [6, 6.07) is 14.9. The Bertz CT molecular complexity index is 735. The van der Waals surface area contributed by atoms with Crippen molar-refractivity contribution in [2.45, 2.75) is 13.1 Å². The van der Waals surface area contributed by atoms with E-state index in [1.165, 1.54) is 6.07 Å². The molecule has 0 saturated carbocycles. The van der Waals surface area contributed by atoms with Gasteiger partial charge in [0.15, 0.2) is 0 Å². The molecule has 2 N–H and O–H groups in total. The molecule has 0 aliphatic heterocycles. The van der Waals surface area contributed by atoms with Crippen molar-refractivity contribution in [1.29, 1.82) is 0 Å². The Hall–Kier alpha value is -2.46. The van der Waals surface area contributed by atoms with E-state index < -0.39 is 0 Å². The largest absolute Gasteiger partial charge is 0.326 e. The van der Waals surface area contributed by atoms with Crippen molar-refractivity contribution in [3.8, 4) is 11.1 Å². The lowest BCUT2D eigenvalue weighted by Gasteiger charge is -2.06. The van der Waals surface area contributed by atoms with Crippen LogP contribution in [0.3, 0.4) is 0 Å². The molecule has 0 aliphatic rings. The van der Waals surface area contributed by atoms with E-state index in [9.17, 15) is 4.39 Å². The summed E-state index contributed by atoms with van der Waals surface area (Å²) in [7, 11) is 0. The van der Waals surface area contributed by atoms with Crippen molar-refractivity contribution in [3.63, 3.8) is 0 Å². The van der Waals surface area contributed by atoms with Crippen LogP contribution in [-0.2, 0) is 13.1 Å². The highest BCUT2D eigenvalue weighted by atomic mass is 19.1. The van der Waals surface area contributed by atoms with Gasteiger partial charge < -0.3 is 5.73 Å². The molecule has 4 heteroatoms. The highest BCUT2D eigenvalue weighted by Gasteiger charge is 2.06. The Morgan fingerprint density at radius 1 is 1.05 bits per heavy atom. The second kappa shape index (κ2) is 5.89. The van der Waals surface area contributed by atoms with Crippen LogP contribution in [-0.4, -0.2) is 9.78 Å². The van der Waals surface area contributed by atoms with Gasteiger partial charge in [0.1, 0.15) is 5.82 Å². The highest BCUT2D eigenvalue weighted by Crippen LogP contribution is 2.19. The summed E-state index contributed by atoms with van der Waals surface area (Å²) in [5.74, 6) is -0.232. The van der Waals surface area contributed by atoms with Crippen LogP contribution in [0.2, 0.25) is 0 Å². The molecule has 106 valence electrons. The molecule has 0 aliphatic carbocycles. The van der Waals surface area contributed by atoms with Gasteiger partial charge in [0.25, 0.3) is 0 Å². The van der Waals surface area contributed by atoms with E-state index >= 15 is 0 Å². The first-order chi connectivity index (χ1) is 10.3. The summed E-state index contributed by atoms with van der Waals surface area (Å²) in [6.07, 6.45) is 3.71. The molecule has 0 spiro atoms. The van der Waals surface area contributed by atoms with Gasteiger partial charge in [0.05, 0.1) is 12.7 Å². The van der Waals surface area contributed by atoms with Gasteiger partial charge in [-0.15, -0.1) is 0 Å². The first kappa shape index (κ1) is 13.5. The third-order valence-corrected chi connectivity index (χ3v) is 3.42. The van der Waals surface area contributed by atoms with E-state index in [0.29, 0.717) is 18.7 Å². The number of halogens is 1. The molecule has 0 unspecified atom stereocenters. The van der Waals surface area contributed by atoms with Gasteiger partial charge in [-0.3, -0.25) is 4.68 Å². The molecule has 1 aromatic heterocycles. The fourth-order valence-electron chi connectivity index (χ4n) is 2.28. The van der Waals surface area contributed by atoms with E-state index in [0.717, 1.165) is 16.7 Å². The Balaban J connectivity index is 1.85. The zero-order valence-electron chi connectivity index (χ0n) is 11.5. The number of nitrogens with zero attached hydrogens (tertiary/aromatic N) is 2. The van der Waals surface area contributed by atoms with Crippen molar-refractivity contribution in [1.82, 2.24) is 9.78 Å². The van der Waals surface area contributed by atoms with Gasteiger partial charge in [-0.1, -0.05) is 36.4 Å². The van der Waals surface area contributed by atoms with E-state index in [1.807, 2.05) is 36.5 Å². The van der Waals surface area contributed by atoms with E-state index in [4.69, 9.17) is 5.73 Å². The first-order valence-electron chi connectivity index (χ1n) is 6.81. The lowest BCUT2D eigenvalue weighted by Crippen LogP contribution is -2.04. The maximum atomic E-state index is 13.8. The highest BCUT2D eigenvalue weighted by molar-refractivity contribution is 5.61. The molecule has 1 heterocycles. The topological polar surface area (TPSA) is 43.8 Å². The molecular weight excluding hydrogens is 265 g/mol. The lowest BCUT2D eigenvalue weighted by atomic mass is 10.1. The number of nitrogens with two attached hydrogens (primary N) is 1. The molecule has 0 amide bonds. The predicted octanol–water partition coefficient (Wildman–Crippen LogP) is 3.20. The zero-order chi connectivity index (χ0) is 14.7. The summed E-state index contributed by atoms with van der Waals surface area (Å²) in [5, 5.41) is 4.30. The zero-order valence-corrected chi connectivity index (χ0v) is 11.5. The van der Waals surface area contributed by atoms with Gasteiger partial charge >= 0.3 is 0 Å². The third-order valence-electron chi connectivity index (χ3n) is 3.42. The molecule has 3 aromatic rings. The van der Waals surface area contributed by atoms with Gasteiger partial charge in [0.2, 0.25) is 0 Å². The van der Waals surface area contributed by atoms with Gasteiger partial charge in [-0.05, 0) is 23.3 Å². The van der Waals surface area contributed by atoms with Crippen LogP contribution in [0.1, 0.15) is 11.1 Å². The summed E-state index contributed by atoms with van der Waals surface area (Å²) < 4.78 is 15.6. The van der Waals surface area contributed by atoms with Crippen molar-refractivity contribution < 1.29 is 4.39 Å². The number of aromatic nitrogens is 2. The predicted molar refractivity (Wildman–Crippen MR) is 81.1 cm³/mol. The standard InChI is InChI=1S/C17H16FN3/c18-17-7-6-13(9-19)8-15(17)11-21-12-16(10-20-21)14-4-2-1-3-5-14/h1-8,10,12H,9,11,19H2. The fraction of sp³-hybridized carbons (Fsp3) is 0.118. The maximum absolute atomic E-state index is 13.8. The molecular formula is C17H16FN3. The van der Waals surface area contributed by atoms with E-state index in [-0.39, 0.29) is 5.82 Å². The Labute approximate surface area is 122 Å². The number of benzene rings is 2. The summed E-state index contributed by atoms with van der Waals surface area (Å²) in [4.78, 5) is 0. The molecule has 3 nitrogen and oxygen atoms in total. The van der Waals surface area contributed by atoms with Crippen LogP contribution in [0.15, 0.2) is 60.9 Å². The molecule has 3 rings (SSSR count). The summed E-state index contributed by atoms with van der Waals surface area (Å²) in [5.41, 5.74) is 9.23. The first-order valence-corrected chi connectivity index (χ1v) is 6.81. The summed E-state index contributed by atoms with van der Waals surface area (Å²) >= 11 is 0. The minimum Gasteiger partial charge on any atom is -0.326 e. The molecule has 0 atom stereocenters. The molecule has 0 saturated heterocycles. The van der Waals surface area contributed by atoms with Crippen LogP contribution in [0.25, 0.3) is 11.1 Å². The van der Waals surface area contributed by atoms with Gasteiger partial charge in [-0.25, -0.2) is 4.39 Å². The number of hydrogen-bond acceptors (Lipinski definition) is 2. The van der Waals surface area contributed by atoms with E-state index in [1.54, 1.807) is 23.0 Å². The molecule has 0 fully saturated rings. The Morgan fingerprint density at radius 3 is 2.62 bits per heavy atom. The molecule has 2 aromatic carbocycles. The third kappa shape index (κ3) is 3.01. The molecule has 0 bridgehead atoms. The van der Waals surface area contributed by atoms with Crippen molar-refractivity contribution in [3.05, 3.63) is 77.9 Å².